The maximum absolute atomic E-state index is 12.2. The molecule has 0 spiro atoms. The van der Waals surface area contributed by atoms with Crippen molar-refractivity contribution in [3.63, 3.8) is 0 Å². The Morgan fingerprint density at radius 1 is 1.21 bits per heavy atom. The van der Waals surface area contributed by atoms with Crippen molar-refractivity contribution in [3.05, 3.63) is 59.8 Å². The molecule has 124 valence electrons. The van der Waals surface area contributed by atoms with Crippen LogP contribution in [0.5, 0.6) is 0 Å². The fraction of sp³-hybridized carbons (Fsp3) is 0.278. The summed E-state index contributed by atoms with van der Waals surface area (Å²) < 4.78 is 1.88. The van der Waals surface area contributed by atoms with Crippen molar-refractivity contribution >= 4 is 23.3 Å². The first-order chi connectivity index (χ1) is 11.7. The van der Waals surface area contributed by atoms with E-state index in [1.807, 2.05) is 35.7 Å². The van der Waals surface area contributed by atoms with E-state index in [1.54, 1.807) is 0 Å². The number of amides is 1. The van der Waals surface area contributed by atoms with Crippen LogP contribution >= 0.6 is 11.8 Å². The summed E-state index contributed by atoms with van der Waals surface area (Å²) in [6.45, 7) is 4.13. The normalized spacial score (nSPS) is 12.2. The zero-order chi connectivity index (χ0) is 16.9. The largest absolute Gasteiger partial charge is 0.349 e. The Hall–Kier alpha value is -2.34. The van der Waals surface area contributed by atoms with Gasteiger partial charge in [0.15, 0.2) is 10.8 Å². The van der Waals surface area contributed by atoms with Gasteiger partial charge in [-0.2, -0.15) is 0 Å². The van der Waals surface area contributed by atoms with Crippen molar-refractivity contribution in [1.29, 1.82) is 0 Å². The first kappa shape index (κ1) is 16.5. The molecule has 0 saturated heterocycles. The van der Waals surface area contributed by atoms with Crippen LogP contribution in [-0.4, -0.2) is 26.3 Å². The third-order valence-corrected chi connectivity index (χ3v) is 4.82. The van der Waals surface area contributed by atoms with E-state index in [0.29, 0.717) is 5.75 Å². The molecule has 3 rings (SSSR count). The fourth-order valence-electron chi connectivity index (χ4n) is 2.46. The zero-order valence-corrected chi connectivity index (χ0v) is 14.6. The van der Waals surface area contributed by atoms with Crippen molar-refractivity contribution in [2.24, 2.45) is 0 Å². The SMILES string of the molecule is CCc1ccc(C(C)NC(=O)CSc2nnc3ccccn23)cc1. The van der Waals surface area contributed by atoms with E-state index in [-0.39, 0.29) is 11.9 Å². The van der Waals surface area contributed by atoms with E-state index in [1.165, 1.54) is 17.3 Å². The average Bonchev–Trinajstić information content (AvgIpc) is 3.03. The summed E-state index contributed by atoms with van der Waals surface area (Å²) in [5, 5.41) is 12.0. The molecule has 0 aliphatic rings. The smallest absolute Gasteiger partial charge is 0.230 e. The van der Waals surface area contributed by atoms with Crippen molar-refractivity contribution in [2.45, 2.75) is 31.5 Å². The van der Waals surface area contributed by atoms with Crippen molar-refractivity contribution < 1.29 is 4.79 Å². The van der Waals surface area contributed by atoms with Gasteiger partial charge in [-0.15, -0.1) is 10.2 Å². The van der Waals surface area contributed by atoms with Gasteiger partial charge in [0.25, 0.3) is 0 Å². The maximum atomic E-state index is 12.2. The minimum Gasteiger partial charge on any atom is -0.349 e. The van der Waals surface area contributed by atoms with Gasteiger partial charge in [0, 0.05) is 6.20 Å². The van der Waals surface area contributed by atoms with E-state index in [2.05, 4.69) is 46.7 Å². The van der Waals surface area contributed by atoms with Gasteiger partial charge in [-0.05, 0) is 36.6 Å². The van der Waals surface area contributed by atoms with Crippen LogP contribution in [0.1, 0.15) is 31.0 Å². The lowest BCUT2D eigenvalue weighted by Gasteiger charge is -2.14. The molecule has 1 unspecified atom stereocenters. The standard InChI is InChI=1S/C18H20N4OS/c1-3-14-7-9-15(10-8-14)13(2)19-17(23)12-24-18-21-20-16-6-4-5-11-22(16)18/h4-11,13H,3,12H2,1-2H3,(H,19,23). The summed E-state index contributed by atoms with van der Waals surface area (Å²) >= 11 is 1.39. The van der Waals surface area contributed by atoms with E-state index < -0.39 is 0 Å². The summed E-state index contributed by atoms with van der Waals surface area (Å²) in [7, 11) is 0. The summed E-state index contributed by atoms with van der Waals surface area (Å²) in [5.74, 6) is 0.298. The molecule has 1 aromatic carbocycles. The molecule has 0 aliphatic heterocycles. The first-order valence-corrected chi connectivity index (χ1v) is 8.96. The second kappa shape index (κ2) is 7.49. The lowest BCUT2D eigenvalue weighted by molar-refractivity contribution is -0.119. The third kappa shape index (κ3) is 3.76. The van der Waals surface area contributed by atoms with E-state index >= 15 is 0 Å². The minimum absolute atomic E-state index is 0.0141. The number of fused-ring (bicyclic) bond motifs is 1. The Balaban J connectivity index is 1.57. The van der Waals surface area contributed by atoms with Crippen LogP contribution in [0.25, 0.3) is 5.65 Å². The fourth-order valence-corrected chi connectivity index (χ4v) is 3.19. The minimum atomic E-state index is -0.0147. The van der Waals surface area contributed by atoms with Gasteiger partial charge in [-0.25, -0.2) is 0 Å². The molecule has 3 aromatic rings. The van der Waals surface area contributed by atoms with Gasteiger partial charge in [-0.1, -0.05) is 49.0 Å². The molecule has 0 radical (unpaired) electrons. The summed E-state index contributed by atoms with van der Waals surface area (Å²) in [6.07, 6.45) is 2.91. The van der Waals surface area contributed by atoms with Crippen molar-refractivity contribution in [2.75, 3.05) is 5.75 Å². The average molecular weight is 340 g/mol. The zero-order valence-electron chi connectivity index (χ0n) is 13.8. The molecule has 6 heteroatoms. The number of aromatic nitrogens is 3. The Morgan fingerprint density at radius 2 is 2.00 bits per heavy atom. The highest BCUT2D eigenvalue weighted by atomic mass is 32.2. The van der Waals surface area contributed by atoms with Crippen LogP contribution < -0.4 is 5.32 Å². The summed E-state index contributed by atoms with van der Waals surface area (Å²) in [4.78, 5) is 12.2. The van der Waals surface area contributed by atoms with Crippen LogP contribution in [0.2, 0.25) is 0 Å². The topological polar surface area (TPSA) is 59.3 Å². The number of carbonyl (C=O) groups is 1. The molecule has 2 heterocycles. The number of hydrogen-bond acceptors (Lipinski definition) is 4. The highest BCUT2D eigenvalue weighted by Crippen LogP contribution is 2.18. The Morgan fingerprint density at radius 3 is 2.75 bits per heavy atom. The Labute approximate surface area is 145 Å². The van der Waals surface area contributed by atoms with Gasteiger partial charge >= 0.3 is 0 Å². The van der Waals surface area contributed by atoms with Crippen LogP contribution in [-0.2, 0) is 11.2 Å². The molecule has 1 amide bonds. The number of benzene rings is 1. The lowest BCUT2D eigenvalue weighted by Crippen LogP contribution is -2.28. The molecular weight excluding hydrogens is 320 g/mol. The monoisotopic (exact) mass is 340 g/mol. The van der Waals surface area contributed by atoms with Crippen LogP contribution in [0, 0.1) is 0 Å². The molecule has 0 fully saturated rings. The Kier molecular flexibility index (Phi) is 5.15. The lowest BCUT2D eigenvalue weighted by atomic mass is 10.1. The maximum Gasteiger partial charge on any atom is 0.230 e. The molecule has 1 N–H and O–H groups in total. The molecule has 0 bridgehead atoms. The molecule has 2 aromatic heterocycles. The van der Waals surface area contributed by atoms with Crippen molar-refractivity contribution in [3.8, 4) is 0 Å². The number of thioether (sulfide) groups is 1. The molecule has 0 aliphatic carbocycles. The number of rotatable bonds is 6. The number of nitrogens with one attached hydrogen (secondary N) is 1. The van der Waals surface area contributed by atoms with Gasteiger partial charge in [0.2, 0.25) is 5.91 Å². The van der Waals surface area contributed by atoms with Crippen LogP contribution in [0.3, 0.4) is 0 Å². The molecule has 1 atom stereocenters. The van der Waals surface area contributed by atoms with Gasteiger partial charge < -0.3 is 5.32 Å². The number of hydrogen-bond donors (Lipinski definition) is 1. The van der Waals surface area contributed by atoms with E-state index in [0.717, 1.165) is 22.8 Å². The van der Waals surface area contributed by atoms with E-state index in [9.17, 15) is 4.79 Å². The number of aryl methyl sites for hydroxylation is 1. The summed E-state index contributed by atoms with van der Waals surface area (Å²) in [5.41, 5.74) is 3.19. The predicted octanol–water partition coefficient (Wildman–Crippen LogP) is 3.26. The number of pyridine rings is 1. The molecule has 5 nitrogen and oxygen atoms in total. The predicted molar refractivity (Wildman–Crippen MR) is 96.1 cm³/mol. The third-order valence-electron chi connectivity index (χ3n) is 3.88. The highest BCUT2D eigenvalue weighted by molar-refractivity contribution is 7.99. The second-order valence-corrected chi connectivity index (χ2v) is 6.53. The number of carbonyl (C=O) groups excluding carboxylic acids is 1. The second-order valence-electron chi connectivity index (χ2n) is 5.58. The van der Waals surface area contributed by atoms with E-state index in [4.69, 9.17) is 0 Å². The molecule has 0 saturated carbocycles. The van der Waals surface area contributed by atoms with Gasteiger partial charge in [0.1, 0.15) is 0 Å². The highest BCUT2D eigenvalue weighted by Gasteiger charge is 2.12. The van der Waals surface area contributed by atoms with Gasteiger partial charge in [-0.3, -0.25) is 9.20 Å². The van der Waals surface area contributed by atoms with Crippen molar-refractivity contribution in [1.82, 2.24) is 19.9 Å². The summed E-state index contributed by atoms with van der Waals surface area (Å²) in [6, 6.07) is 14.1. The Bertz CT molecular complexity index is 828. The molecule has 24 heavy (non-hydrogen) atoms. The number of nitrogens with zero attached hydrogens (tertiary/aromatic N) is 3. The first-order valence-electron chi connectivity index (χ1n) is 7.98. The van der Waals surface area contributed by atoms with Crippen LogP contribution in [0.4, 0.5) is 0 Å². The van der Waals surface area contributed by atoms with Crippen LogP contribution in [0.15, 0.2) is 53.8 Å². The quantitative estimate of drug-likeness (QED) is 0.700. The van der Waals surface area contributed by atoms with Gasteiger partial charge in [0.05, 0.1) is 11.8 Å². The molecular formula is C18H20N4OS.